The minimum atomic E-state index is -3.94. The van der Waals surface area contributed by atoms with Crippen molar-refractivity contribution in [1.29, 1.82) is 0 Å². The van der Waals surface area contributed by atoms with E-state index in [1.165, 1.54) is 18.2 Å². The van der Waals surface area contributed by atoms with Crippen LogP contribution in [0.5, 0.6) is 5.75 Å². The molecule has 1 aromatic heterocycles. The van der Waals surface area contributed by atoms with Gasteiger partial charge in [0.15, 0.2) is 5.69 Å². The van der Waals surface area contributed by atoms with Crippen LogP contribution >= 0.6 is 0 Å². The van der Waals surface area contributed by atoms with Gasteiger partial charge < -0.3 is 9.84 Å². The molecule has 7 nitrogen and oxygen atoms in total. The molecule has 0 amide bonds. The molecule has 3 aromatic carbocycles. The molecule has 0 aliphatic heterocycles. The average Bonchev–Trinajstić information content (AvgIpc) is 2.78. The van der Waals surface area contributed by atoms with Crippen LogP contribution in [0.25, 0.3) is 10.9 Å². The van der Waals surface area contributed by atoms with Crippen molar-refractivity contribution in [3.8, 4) is 5.75 Å². The van der Waals surface area contributed by atoms with Crippen LogP contribution in [0.1, 0.15) is 21.6 Å². The lowest BCUT2D eigenvalue weighted by atomic mass is 10.1. The first kappa shape index (κ1) is 21.3. The topological polar surface area (TPSA) is 106 Å². The van der Waals surface area contributed by atoms with Crippen LogP contribution in [0.15, 0.2) is 83.8 Å². The molecule has 0 aliphatic rings. The smallest absolute Gasteiger partial charge is 0.354 e. The number of rotatable bonds is 7. The SMILES string of the molecule is Cc1ccc(S(=O)(=O)Nc2cc(C(=O)O)nc3c(OCc4ccccc4)cccc23)cc1. The minimum absolute atomic E-state index is 0.0708. The van der Waals surface area contributed by atoms with E-state index >= 15 is 0 Å². The number of benzene rings is 3. The van der Waals surface area contributed by atoms with E-state index in [0.29, 0.717) is 11.1 Å². The number of para-hydroxylation sites is 1. The molecule has 0 saturated heterocycles. The average molecular weight is 449 g/mol. The Balaban J connectivity index is 1.76. The van der Waals surface area contributed by atoms with Crippen molar-refractivity contribution in [2.45, 2.75) is 18.4 Å². The Kier molecular flexibility index (Phi) is 5.79. The van der Waals surface area contributed by atoms with Gasteiger partial charge in [-0.25, -0.2) is 18.2 Å². The summed E-state index contributed by atoms with van der Waals surface area (Å²) in [6.45, 7) is 2.11. The highest BCUT2D eigenvalue weighted by Gasteiger charge is 2.20. The van der Waals surface area contributed by atoms with Gasteiger partial charge in [-0.1, -0.05) is 60.2 Å². The summed E-state index contributed by atoms with van der Waals surface area (Å²) in [5, 5.41) is 9.96. The van der Waals surface area contributed by atoms with Crippen LogP contribution in [0.4, 0.5) is 5.69 Å². The van der Waals surface area contributed by atoms with Crippen LogP contribution in [-0.4, -0.2) is 24.5 Å². The summed E-state index contributed by atoms with van der Waals surface area (Å²) in [5.74, 6) is -0.925. The highest BCUT2D eigenvalue weighted by molar-refractivity contribution is 7.92. The Labute approximate surface area is 185 Å². The van der Waals surface area contributed by atoms with Gasteiger partial charge in [0.1, 0.15) is 17.9 Å². The molecule has 0 saturated carbocycles. The number of aryl methyl sites for hydroxylation is 1. The number of carbonyl (C=O) groups is 1. The molecule has 0 fully saturated rings. The van der Waals surface area contributed by atoms with E-state index in [0.717, 1.165) is 11.1 Å². The van der Waals surface area contributed by atoms with Crippen LogP contribution in [0.2, 0.25) is 0 Å². The Morgan fingerprint density at radius 1 is 1.00 bits per heavy atom. The van der Waals surface area contributed by atoms with Crippen LogP contribution in [0, 0.1) is 6.92 Å². The minimum Gasteiger partial charge on any atom is -0.487 e. The number of pyridine rings is 1. The fraction of sp³-hybridized carbons (Fsp3) is 0.0833. The summed E-state index contributed by atoms with van der Waals surface area (Å²) in [7, 11) is -3.94. The zero-order chi connectivity index (χ0) is 22.7. The maximum absolute atomic E-state index is 12.9. The van der Waals surface area contributed by atoms with Crippen LogP contribution in [-0.2, 0) is 16.6 Å². The second-order valence-electron chi connectivity index (χ2n) is 7.21. The lowest BCUT2D eigenvalue weighted by molar-refractivity contribution is 0.0691. The molecule has 0 atom stereocenters. The van der Waals surface area contributed by atoms with E-state index in [4.69, 9.17) is 4.74 Å². The Morgan fingerprint density at radius 2 is 1.72 bits per heavy atom. The van der Waals surface area contributed by atoms with Crippen molar-refractivity contribution >= 4 is 32.6 Å². The van der Waals surface area contributed by atoms with Gasteiger partial charge in [-0.15, -0.1) is 0 Å². The predicted molar refractivity (Wildman–Crippen MR) is 121 cm³/mol. The van der Waals surface area contributed by atoms with E-state index in [-0.39, 0.29) is 28.4 Å². The molecule has 0 radical (unpaired) electrons. The van der Waals surface area contributed by atoms with Crippen molar-refractivity contribution < 1.29 is 23.1 Å². The lowest BCUT2D eigenvalue weighted by Gasteiger charge is -2.14. The molecular formula is C24H20N2O5S. The summed E-state index contributed by atoms with van der Waals surface area (Å²) < 4.78 is 34.2. The maximum atomic E-state index is 12.9. The van der Waals surface area contributed by atoms with Crippen molar-refractivity contribution in [2.24, 2.45) is 0 Å². The summed E-state index contributed by atoms with van der Waals surface area (Å²) in [4.78, 5) is 16.0. The van der Waals surface area contributed by atoms with Crippen molar-refractivity contribution in [3.05, 3.63) is 95.7 Å². The first-order chi connectivity index (χ1) is 15.3. The number of carboxylic acids is 1. The third-order valence-corrected chi connectivity index (χ3v) is 6.22. The number of fused-ring (bicyclic) bond motifs is 1. The number of nitrogens with zero attached hydrogens (tertiary/aromatic N) is 1. The number of sulfonamides is 1. The van der Waals surface area contributed by atoms with Gasteiger partial charge in [0.2, 0.25) is 0 Å². The molecule has 4 rings (SSSR count). The fourth-order valence-corrected chi connectivity index (χ4v) is 4.26. The van der Waals surface area contributed by atoms with Crippen molar-refractivity contribution in [2.75, 3.05) is 4.72 Å². The van der Waals surface area contributed by atoms with E-state index < -0.39 is 16.0 Å². The molecule has 8 heteroatoms. The predicted octanol–water partition coefficient (Wildman–Crippen LogP) is 4.62. The molecule has 4 aromatic rings. The molecule has 1 heterocycles. The number of hydrogen-bond acceptors (Lipinski definition) is 5. The first-order valence-electron chi connectivity index (χ1n) is 9.77. The number of ether oxygens (including phenoxy) is 1. The number of aromatic nitrogens is 1. The summed E-state index contributed by atoms with van der Waals surface area (Å²) >= 11 is 0. The summed E-state index contributed by atoms with van der Waals surface area (Å²) in [6.07, 6.45) is 0. The van der Waals surface area contributed by atoms with Gasteiger partial charge in [-0.2, -0.15) is 0 Å². The summed E-state index contributed by atoms with van der Waals surface area (Å²) in [6, 6.07) is 22.1. The lowest BCUT2D eigenvalue weighted by Crippen LogP contribution is -2.14. The van der Waals surface area contributed by atoms with Gasteiger partial charge in [0.25, 0.3) is 10.0 Å². The van der Waals surface area contributed by atoms with Crippen molar-refractivity contribution in [3.63, 3.8) is 0 Å². The zero-order valence-electron chi connectivity index (χ0n) is 17.1. The second-order valence-corrected chi connectivity index (χ2v) is 8.89. The molecule has 162 valence electrons. The van der Waals surface area contributed by atoms with Crippen LogP contribution in [0.3, 0.4) is 0 Å². The fourth-order valence-electron chi connectivity index (χ4n) is 3.19. The molecule has 2 N–H and O–H groups in total. The highest BCUT2D eigenvalue weighted by Crippen LogP contribution is 2.32. The molecular weight excluding hydrogens is 428 g/mol. The van der Waals surface area contributed by atoms with Gasteiger partial charge in [-0.3, -0.25) is 4.72 Å². The summed E-state index contributed by atoms with van der Waals surface area (Å²) in [5.41, 5.74) is 1.92. The Bertz CT molecular complexity index is 1390. The van der Waals surface area contributed by atoms with Crippen molar-refractivity contribution in [1.82, 2.24) is 4.98 Å². The first-order valence-corrected chi connectivity index (χ1v) is 11.2. The number of aromatic carboxylic acids is 1. The monoisotopic (exact) mass is 448 g/mol. The molecule has 32 heavy (non-hydrogen) atoms. The van der Waals surface area contributed by atoms with E-state index in [2.05, 4.69) is 9.71 Å². The van der Waals surface area contributed by atoms with Gasteiger partial charge in [0.05, 0.1) is 10.6 Å². The number of anilines is 1. The Hall–Kier alpha value is -3.91. The van der Waals surface area contributed by atoms with Gasteiger partial charge in [-0.05, 0) is 36.8 Å². The van der Waals surface area contributed by atoms with E-state index in [9.17, 15) is 18.3 Å². The molecule has 0 bridgehead atoms. The molecule has 0 spiro atoms. The maximum Gasteiger partial charge on any atom is 0.354 e. The van der Waals surface area contributed by atoms with E-state index in [1.54, 1.807) is 30.3 Å². The quantitative estimate of drug-likeness (QED) is 0.427. The second kappa shape index (κ2) is 8.68. The van der Waals surface area contributed by atoms with Crippen LogP contribution < -0.4 is 9.46 Å². The third kappa shape index (κ3) is 4.55. The molecule has 0 unspecified atom stereocenters. The zero-order valence-corrected chi connectivity index (χ0v) is 18.0. The number of hydrogen-bond donors (Lipinski definition) is 2. The Morgan fingerprint density at radius 3 is 2.41 bits per heavy atom. The van der Waals surface area contributed by atoms with E-state index in [1.807, 2.05) is 37.3 Å². The number of carboxylic acid groups (broad SMARTS) is 1. The third-order valence-electron chi connectivity index (χ3n) is 4.83. The largest absolute Gasteiger partial charge is 0.487 e. The van der Waals surface area contributed by atoms with Gasteiger partial charge >= 0.3 is 5.97 Å². The normalized spacial score (nSPS) is 11.3. The highest BCUT2D eigenvalue weighted by atomic mass is 32.2. The standard InChI is InChI=1S/C24H20N2O5S/c1-16-10-12-18(13-11-16)32(29,30)26-20-14-21(24(27)28)25-23-19(20)8-5-9-22(23)31-15-17-6-3-2-4-7-17/h2-14H,15H2,1H3,(H,25,26)(H,27,28). The number of nitrogens with one attached hydrogen (secondary N) is 1. The van der Waals surface area contributed by atoms with Gasteiger partial charge in [0, 0.05) is 5.39 Å². The molecule has 0 aliphatic carbocycles.